The van der Waals surface area contributed by atoms with Gasteiger partial charge in [-0.25, -0.2) is 0 Å². The van der Waals surface area contributed by atoms with Crippen LogP contribution in [0, 0.1) is 0 Å². The quantitative estimate of drug-likeness (QED) is 0.895. The lowest BCUT2D eigenvalue weighted by Gasteiger charge is -2.20. The Morgan fingerprint density at radius 1 is 1.21 bits per heavy atom. The van der Waals surface area contributed by atoms with E-state index in [0.29, 0.717) is 18.5 Å². The van der Waals surface area contributed by atoms with Gasteiger partial charge in [0.15, 0.2) is 0 Å². The second-order valence-corrected chi connectivity index (χ2v) is 5.79. The molecule has 1 aliphatic heterocycles. The molecule has 0 unspecified atom stereocenters. The predicted molar refractivity (Wildman–Crippen MR) is 83.3 cm³/mol. The number of carbonyl (C=O) groups is 1. The Kier molecular flexibility index (Phi) is 4.41. The van der Waals surface area contributed by atoms with Crippen molar-refractivity contribution >= 4 is 17.5 Å². The Balaban J connectivity index is 1.80. The lowest BCUT2D eigenvalue weighted by Crippen LogP contribution is -2.32. The molecule has 2 aromatic carbocycles. The summed E-state index contributed by atoms with van der Waals surface area (Å²) in [7, 11) is 0. The van der Waals surface area contributed by atoms with E-state index in [9.17, 15) is 18.0 Å². The first-order valence-corrected chi connectivity index (χ1v) is 7.62. The number of fused-ring (bicyclic) bond motifs is 1. The van der Waals surface area contributed by atoms with Gasteiger partial charge in [0, 0.05) is 12.1 Å². The third kappa shape index (κ3) is 3.33. The normalized spacial score (nSPS) is 14.1. The summed E-state index contributed by atoms with van der Waals surface area (Å²) in [5.41, 5.74) is 1.48. The number of benzene rings is 2. The average Bonchev–Trinajstić information content (AvgIpc) is 2.53. The van der Waals surface area contributed by atoms with Gasteiger partial charge in [-0.2, -0.15) is 13.2 Å². The van der Waals surface area contributed by atoms with Crippen molar-refractivity contribution in [2.75, 3.05) is 6.54 Å². The zero-order valence-corrected chi connectivity index (χ0v) is 13.2. The minimum Gasteiger partial charge on any atom is -0.487 e. The smallest absolute Gasteiger partial charge is 0.416 e. The number of nitrogens with one attached hydrogen (secondary N) is 1. The number of carbonyl (C=O) groups excluding carboxylic acids is 1. The summed E-state index contributed by atoms with van der Waals surface area (Å²) in [6.45, 7) is 0.672. The van der Waals surface area contributed by atoms with Gasteiger partial charge in [-0.3, -0.25) is 4.79 Å². The van der Waals surface area contributed by atoms with Gasteiger partial charge in [0.25, 0.3) is 5.91 Å². The van der Waals surface area contributed by atoms with Crippen LogP contribution in [0.15, 0.2) is 36.4 Å². The molecule has 0 atom stereocenters. The van der Waals surface area contributed by atoms with E-state index in [1.165, 1.54) is 6.07 Å². The Labute approximate surface area is 141 Å². The van der Waals surface area contributed by atoms with Crippen LogP contribution in [-0.2, 0) is 19.2 Å². The van der Waals surface area contributed by atoms with E-state index in [-0.39, 0.29) is 23.3 Å². The highest BCUT2D eigenvalue weighted by molar-refractivity contribution is 6.32. The predicted octanol–water partition coefficient (Wildman–Crippen LogP) is 4.22. The summed E-state index contributed by atoms with van der Waals surface area (Å²) < 4.78 is 43.5. The largest absolute Gasteiger partial charge is 0.487 e. The van der Waals surface area contributed by atoms with Gasteiger partial charge in [-0.15, -0.1) is 0 Å². The van der Waals surface area contributed by atoms with E-state index in [1.54, 1.807) is 12.1 Å². The lowest BCUT2D eigenvalue weighted by atomic mass is 9.95. The van der Waals surface area contributed by atoms with E-state index in [4.69, 9.17) is 16.3 Å². The number of ether oxygens (including phenoxy) is 1. The van der Waals surface area contributed by atoms with E-state index in [2.05, 4.69) is 5.32 Å². The van der Waals surface area contributed by atoms with Gasteiger partial charge in [-0.1, -0.05) is 23.7 Å². The molecule has 0 bridgehead atoms. The number of rotatable bonds is 3. The molecule has 0 saturated carbocycles. The molecule has 3 rings (SSSR count). The molecule has 0 fully saturated rings. The van der Waals surface area contributed by atoms with Crippen molar-refractivity contribution in [3.63, 3.8) is 0 Å². The monoisotopic (exact) mass is 355 g/mol. The van der Waals surface area contributed by atoms with Crippen LogP contribution in [0.25, 0.3) is 0 Å². The first kappa shape index (κ1) is 16.6. The van der Waals surface area contributed by atoms with E-state index in [0.717, 1.165) is 23.3 Å². The van der Waals surface area contributed by atoms with Gasteiger partial charge >= 0.3 is 6.18 Å². The summed E-state index contributed by atoms with van der Waals surface area (Å²) in [6, 6.07) is 8.28. The van der Waals surface area contributed by atoms with Crippen LogP contribution in [0.2, 0.25) is 5.02 Å². The van der Waals surface area contributed by atoms with Crippen LogP contribution < -0.4 is 10.1 Å². The molecule has 2 aromatic rings. The van der Waals surface area contributed by atoms with E-state index in [1.807, 2.05) is 6.07 Å². The van der Waals surface area contributed by atoms with Gasteiger partial charge < -0.3 is 10.1 Å². The number of hydrogen-bond donors (Lipinski definition) is 1. The number of hydrogen-bond acceptors (Lipinski definition) is 2. The lowest BCUT2D eigenvalue weighted by molar-refractivity contribution is -0.137. The highest BCUT2D eigenvalue weighted by Crippen LogP contribution is 2.35. The van der Waals surface area contributed by atoms with Crippen molar-refractivity contribution in [3.8, 4) is 5.75 Å². The topological polar surface area (TPSA) is 38.3 Å². The minimum atomic E-state index is -4.45. The number of alkyl halides is 3. The summed E-state index contributed by atoms with van der Waals surface area (Å²) in [5, 5.41) is 2.66. The highest BCUT2D eigenvalue weighted by Gasteiger charge is 2.31. The average molecular weight is 356 g/mol. The SMILES string of the molecule is O=C1NCCc2c(COc3ccc(C(F)(F)F)cc3Cl)cccc21. The van der Waals surface area contributed by atoms with Crippen molar-refractivity contribution in [1.82, 2.24) is 5.32 Å². The molecule has 0 aliphatic carbocycles. The fraction of sp³-hybridized carbons (Fsp3) is 0.235. The third-order valence-electron chi connectivity index (χ3n) is 3.82. The van der Waals surface area contributed by atoms with Crippen molar-refractivity contribution in [2.45, 2.75) is 19.2 Å². The Bertz CT molecular complexity index is 790. The molecule has 1 N–H and O–H groups in total. The molecular formula is C17H13ClF3NO2. The van der Waals surface area contributed by atoms with Gasteiger partial charge in [-0.05, 0) is 41.8 Å². The molecule has 24 heavy (non-hydrogen) atoms. The second-order valence-electron chi connectivity index (χ2n) is 5.38. The van der Waals surface area contributed by atoms with E-state index >= 15 is 0 Å². The molecule has 1 amide bonds. The maximum atomic E-state index is 12.6. The Morgan fingerprint density at radius 2 is 2.00 bits per heavy atom. The first-order chi connectivity index (χ1) is 11.4. The van der Waals surface area contributed by atoms with Crippen LogP contribution in [0.5, 0.6) is 5.75 Å². The Hall–Kier alpha value is -2.21. The molecule has 126 valence electrons. The molecule has 1 heterocycles. The Morgan fingerprint density at radius 3 is 2.71 bits per heavy atom. The molecule has 0 aromatic heterocycles. The summed E-state index contributed by atoms with van der Waals surface area (Å²) in [4.78, 5) is 11.8. The number of amides is 1. The molecule has 7 heteroatoms. The maximum Gasteiger partial charge on any atom is 0.416 e. The number of halogens is 4. The summed E-state index contributed by atoms with van der Waals surface area (Å²) >= 11 is 5.88. The van der Waals surface area contributed by atoms with Crippen LogP contribution in [0.1, 0.15) is 27.0 Å². The zero-order valence-electron chi connectivity index (χ0n) is 12.4. The second kappa shape index (κ2) is 6.36. The summed E-state index contributed by atoms with van der Waals surface area (Å²) in [5.74, 6) is 0.0354. The maximum absolute atomic E-state index is 12.6. The van der Waals surface area contributed by atoms with Crippen molar-refractivity contribution < 1.29 is 22.7 Å². The molecule has 1 aliphatic rings. The molecule has 0 saturated heterocycles. The standard InChI is InChI=1S/C17H13ClF3NO2/c18-14-8-11(17(19,20)21)4-5-15(14)24-9-10-2-1-3-13-12(10)6-7-22-16(13)23/h1-5,8H,6-7,9H2,(H,22,23). The van der Waals surface area contributed by atoms with Crippen LogP contribution in [0.4, 0.5) is 13.2 Å². The van der Waals surface area contributed by atoms with Crippen LogP contribution in [0.3, 0.4) is 0 Å². The van der Waals surface area contributed by atoms with Gasteiger partial charge in [0.1, 0.15) is 12.4 Å². The van der Waals surface area contributed by atoms with Gasteiger partial charge in [0.05, 0.1) is 10.6 Å². The van der Waals surface area contributed by atoms with Crippen molar-refractivity contribution in [1.29, 1.82) is 0 Å². The first-order valence-electron chi connectivity index (χ1n) is 7.25. The fourth-order valence-electron chi connectivity index (χ4n) is 2.62. The van der Waals surface area contributed by atoms with Gasteiger partial charge in [0.2, 0.25) is 0 Å². The minimum absolute atomic E-state index is 0.104. The van der Waals surface area contributed by atoms with Crippen LogP contribution in [-0.4, -0.2) is 12.5 Å². The zero-order chi connectivity index (χ0) is 17.3. The van der Waals surface area contributed by atoms with Crippen LogP contribution >= 0.6 is 11.6 Å². The fourth-order valence-corrected chi connectivity index (χ4v) is 2.86. The molecule has 3 nitrogen and oxygen atoms in total. The molecular weight excluding hydrogens is 343 g/mol. The third-order valence-corrected chi connectivity index (χ3v) is 4.12. The molecule has 0 spiro atoms. The summed E-state index contributed by atoms with van der Waals surface area (Å²) in [6.07, 6.45) is -3.77. The van der Waals surface area contributed by atoms with E-state index < -0.39 is 11.7 Å². The van der Waals surface area contributed by atoms with Crippen molar-refractivity contribution in [3.05, 3.63) is 63.7 Å². The molecule has 0 radical (unpaired) electrons. The highest BCUT2D eigenvalue weighted by atomic mass is 35.5. The van der Waals surface area contributed by atoms with Crippen molar-refractivity contribution in [2.24, 2.45) is 0 Å².